The van der Waals surface area contributed by atoms with Gasteiger partial charge in [-0.3, -0.25) is 9.78 Å². The molecule has 0 spiro atoms. The summed E-state index contributed by atoms with van der Waals surface area (Å²) >= 11 is 0. The fraction of sp³-hybridized carbons (Fsp3) is 0.185. The quantitative estimate of drug-likeness (QED) is 0.364. The first kappa shape index (κ1) is 22.9. The van der Waals surface area contributed by atoms with Crippen LogP contribution in [0.25, 0.3) is 27.7 Å². The molecule has 7 nitrogen and oxygen atoms in total. The van der Waals surface area contributed by atoms with Crippen LogP contribution in [0.2, 0.25) is 0 Å². The van der Waals surface area contributed by atoms with E-state index in [0.29, 0.717) is 29.4 Å². The number of carbonyl (C=O) groups is 1. The van der Waals surface area contributed by atoms with Crippen molar-refractivity contribution in [2.24, 2.45) is 0 Å². The molecule has 0 saturated carbocycles. The van der Waals surface area contributed by atoms with Crippen LogP contribution in [0.4, 0.5) is 0 Å². The first-order chi connectivity index (χ1) is 16.5. The number of pyridine rings is 1. The Balaban J connectivity index is 1.70. The normalized spacial score (nSPS) is 11.4. The lowest BCUT2D eigenvalue weighted by atomic mass is 9.98. The third-order valence-electron chi connectivity index (χ3n) is 5.53. The van der Waals surface area contributed by atoms with Crippen molar-refractivity contribution in [1.82, 2.24) is 10.3 Å². The van der Waals surface area contributed by atoms with Crippen molar-refractivity contribution in [3.63, 3.8) is 0 Å². The van der Waals surface area contributed by atoms with Gasteiger partial charge in [-0.05, 0) is 48.9 Å². The third kappa shape index (κ3) is 4.73. The molecule has 1 amide bonds. The van der Waals surface area contributed by atoms with E-state index in [9.17, 15) is 4.79 Å². The van der Waals surface area contributed by atoms with Crippen LogP contribution in [0.1, 0.15) is 18.2 Å². The summed E-state index contributed by atoms with van der Waals surface area (Å²) in [4.78, 5) is 16.8. The summed E-state index contributed by atoms with van der Waals surface area (Å²) in [6.45, 7) is 2.22. The number of amides is 1. The Morgan fingerprint density at radius 1 is 1.00 bits per heavy atom. The molecule has 0 bridgehead atoms. The van der Waals surface area contributed by atoms with Crippen molar-refractivity contribution in [2.45, 2.75) is 13.5 Å². The summed E-state index contributed by atoms with van der Waals surface area (Å²) in [5.74, 6) is 1.80. The van der Waals surface area contributed by atoms with E-state index < -0.39 is 0 Å². The highest BCUT2D eigenvalue weighted by atomic mass is 16.5. The van der Waals surface area contributed by atoms with Gasteiger partial charge >= 0.3 is 0 Å². The fourth-order valence-electron chi connectivity index (χ4n) is 3.77. The van der Waals surface area contributed by atoms with E-state index in [1.807, 2.05) is 55.5 Å². The summed E-state index contributed by atoms with van der Waals surface area (Å²) in [5, 5.41) is 3.73. The molecule has 0 aliphatic carbocycles. The molecule has 7 heteroatoms. The van der Waals surface area contributed by atoms with Crippen LogP contribution in [0.5, 0.6) is 17.2 Å². The number of rotatable bonds is 8. The molecule has 0 aliphatic heterocycles. The molecule has 4 rings (SSSR count). The number of carbonyl (C=O) groups excluding carboxylic acids is 1. The summed E-state index contributed by atoms with van der Waals surface area (Å²) in [6.07, 6.45) is 4.94. The van der Waals surface area contributed by atoms with Gasteiger partial charge in [-0.15, -0.1) is 0 Å². The van der Waals surface area contributed by atoms with Crippen LogP contribution in [-0.2, 0) is 11.3 Å². The van der Waals surface area contributed by atoms with E-state index in [1.165, 1.54) is 0 Å². The second-order valence-corrected chi connectivity index (χ2v) is 7.63. The van der Waals surface area contributed by atoms with E-state index in [2.05, 4.69) is 10.3 Å². The highest BCUT2D eigenvalue weighted by Gasteiger charge is 2.18. The zero-order valence-electron chi connectivity index (χ0n) is 19.5. The highest BCUT2D eigenvalue weighted by Crippen LogP contribution is 2.41. The number of benzene rings is 2. The van der Waals surface area contributed by atoms with Crippen LogP contribution >= 0.6 is 0 Å². The number of ether oxygens (including phenoxy) is 3. The van der Waals surface area contributed by atoms with Crippen molar-refractivity contribution in [1.29, 1.82) is 0 Å². The zero-order valence-corrected chi connectivity index (χ0v) is 19.5. The van der Waals surface area contributed by atoms with Gasteiger partial charge in [0.2, 0.25) is 5.91 Å². The molecule has 174 valence electrons. The maximum absolute atomic E-state index is 12.6. The second kappa shape index (κ2) is 10.1. The Hall–Kier alpha value is -4.26. The Morgan fingerprint density at radius 2 is 1.82 bits per heavy atom. The average molecular weight is 459 g/mol. The number of furan rings is 1. The lowest BCUT2D eigenvalue weighted by Crippen LogP contribution is -2.21. The smallest absolute Gasteiger partial charge is 0.244 e. The van der Waals surface area contributed by atoms with Gasteiger partial charge in [-0.1, -0.05) is 6.07 Å². The second-order valence-electron chi connectivity index (χ2n) is 7.63. The van der Waals surface area contributed by atoms with E-state index in [-0.39, 0.29) is 5.91 Å². The highest BCUT2D eigenvalue weighted by molar-refractivity contribution is 6.01. The van der Waals surface area contributed by atoms with Crippen LogP contribution in [-0.4, -0.2) is 32.2 Å². The van der Waals surface area contributed by atoms with Crippen LogP contribution in [0.15, 0.2) is 71.5 Å². The minimum atomic E-state index is -0.216. The van der Waals surface area contributed by atoms with E-state index in [4.69, 9.17) is 18.6 Å². The van der Waals surface area contributed by atoms with Crippen LogP contribution in [0, 0.1) is 0 Å². The Morgan fingerprint density at radius 3 is 2.53 bits per heavy atom. The molecule has 2 aromatic carbocycles. The molecule has 0 radical (unpaired) electrons. The Labute approximate surface area is 198 Å². The molecule has 4 aromatic rings. The summed E-state index contributed by atoms with van der Waals surface area (Å²) < 4.78 is 22.4. The van der Waals surface area contributed by atoms with Gasteiger partial charge in [0.05, 0.1) is 39.8 Å². The van der Waals surface area contributed by atoms with Crippen molar-refractivity contribution >= 4 is 22.4 Å². The summed E-state index contributed by atoms with van der Waals surface area (Å²) in [5.41, 5.74) is 4.67. The molecular formula is C27H26N2O5. The maximum Gasteiger partial charge on any atom is 0.244 e. The van der Waals surface area contributed by atoms with E-state index >= 15 is 0 Å². The van der Waals surface area contributed by atoms with Crippen molar-refractivity contribution < 1.29 is 23.4 Å². The predicted octanol–water partition coefficient (Wildman–Crippen LogP) is 5.24. The van der Waals surface area contributed by atoms with E-state index in [1.54, 1.807) is 39.9 Å². The van der Waals surface area contributed by atoms with Crippen LogP contribution < -0.4 is 19.5 Å². The Kier molecular flexibility index (Phi) is 6.82. The predicted molar refractivity (Wildman–Crippen MR) is 131 cm³/mol. The molecule has 1 N–H and O–H groups in total. The average Bonchev–Trinajstić information content (AvgIpc) is 3.29. The molecule has 0 unspecified atom stereocenters. The monoisotopic (exact) mass is 458 g/mol. The van der Waals surface area contributed by atoms with Gasteiger partial charge in [-0.25, -0.2) is 0 Å². The molecule has 34 heavy (non-hydrogen) atoms. The van der Waals surface area contributed by atoms with Crippen molar-refractivity contribution in [3.8, 4) is 28.4 Å². The first-order valence-electron chi connectivity index (χ1n) is 10.7. The zero-order chi connectivity index (χ0) is 24.1. The molecular weight excluding hydrogens is 432 g/mol. The van der Waals surface area contributed by atoms with Crippen molar-refractivity contribution in [3.05, 3.63) is 78.3 Å². The van der Waals surface area contributed by atoms with Gasteiger partial charge in [0.25, 0.3) is 0 Å². The lowest BCUT2D eigenvalue weighted by Gasteiger charge is -2.12. The van der Waals surface area contributed by atoms with Crippen LogP contribution in [0.3, 0.4) is 0 Å². The molecule has 0 aliphatic rings. The number of nitrogens with one attached hydrogen (secondary N) is 1. The number of methoxy groups -OCH3 is 3. The summed E-state index contributed by atoms with van der Waals surface area (Å²) in [6, 6.07) is 15.0. The number of allylic oxidation sites excluding steroid dienone is 1. The largest absolute Gasteiger partial charge is 0.497 e. The summed E-state index contributed by atoms with van der Waals surface area (Å²) in [7, 11) is 4.83. The molecule has 2 aromatic heterocycles. The molecule has 0 atom stereocenters. The molecule has 2 heterocycles. The van der Waals surface area contributed by atoms with Gasteiger partial charge in [-0.2, -0.15) is 0 Å². The van der Waals surface area contributed by atoms with E-state index in [0.717, 1.165) is 33.3 Å². The maximum atomic E-state index is 12.6. The third-order valence-corrected chi connectivity index (χ3v) is 5.53. The minimum absolute atomic E-state index is 0.216. The minimum Gasteiger partial charge on any atom is -0.497 e. The lowest BCUT2D eigenvalue weighted by molar-refractivity contribution is -0.116. The van der Waals surface area contributed by atoms with Gasteiger partial charge in [0.15, 0.2) is 0 Å². The topological polar surface area (TPSA) is 82.8 Å². The SMILES string of the molecule is COc1ccc(OC)c(-c2coc3cc(OC)c(/C(C)=C/C(=O)NCc4ccccn4)cc23)c1. The number of hydrogen-bond acceptors (Lipinski definition) is 6. The fourth-order valence-corrected chi connectivity index (χ4v) is 3.77. The van der Waals surface area contributed by atoms with Gasteiger partial charge in [0.1, 0.15) is 22.8 Å². The number of nitrogens with zero attached hydrogens (tertiary/aromatic N) is 1. The number of hydrogen-bond donors (Lipinski definition) is 1. The number of fused-ring (bicyclic) bond motifs is 1. The molecule has 0 fully saturated rings. The first-order valence-corrected chi connectivity index (χ1v) is 10.7. The van der Waals surface area contributed by atoms with Gasteiger partial charge in [0, 0.05) is 40.4 Å². The standard InChI is InChI=1S/C27H26N2O5/c1-17(11-27(30)29-15-18-7-5-6-10-28-18)20-13-22-23(16-34-26(22)14-25(20)33-4)21-12-19(31-2)8-9-24(21)32-3/h5-14,16H,15H2,1-4H3,(H,29,30)/b17-11+. The Bertz CT molecular complexity index is 1340. The van der Waals surface area contributed by atoms with Crippen molar-refractivity contribution in [2.75, 3.05) is 21.3 Å². The van der Waals surface area contributed by atoms with Gasteiger partial charge < -0.3 is 23.9 Å². The molecule has 0 saturated heterocycles. The number of aromatic nitrogens is 1.